The highest BCUT2D eigenvalue weighted by molar-refractivity contribution is 5.95. The smallest absolute Gasteiger partial charge is 0.159 e. The van der Waals surface area contributed by atoms with E-state index >= 15 is 0 Å². The van der Waals surface area contributed by atoms with Crippen molar-refractivity contribution in [2.75, 3.05) is 36.0 Å². The van der Waals surface area contributed by atoms with Crippen LogP contribution in [-0.4, -0.2) is 32.0 Å². The summed E-state index contributed by atoms with van der Waals surface area (Å²) < 4.78 is 13.7. The van der Waals surface area contributed by atoms with Gasteiger partial charge in [-0.1, -0.05) is 18.2 Å². The molecule has 1 aliphatic rings. The molecule has 1 heterocycles. The van der Waals surface area contributed by atoms with Crippen molar-refractivity contribution >= 4 is 17.2 Å². The number of nitrogens with zero attached hydrogens (tertiary/aromatic N) is 2. The summed E-state index contributed by atoms with van der Waals surface area (Å²) in [6.07, 6.45) is 0. The number of para-hydroxylation sites is 1. The minimum Gasteiger partial charge on any atom is -0.368 e. The molecule has 0 unspecified atom stereocenters. The number of carbonyl (C=O) groups excluding carboxylic acids is 1. The SMILES string of the molecule is CC(=O)c1cc(F)cc(N2CCN(c3ccccc3)CC2)c1. The number of benzene rings is 2. The molecule has 0 aromatic heterocycles. The molecule has 0 bridgehead atoms. The Hall–Kier alpha value is -2.36. The van der Waals surface area contributed by atoms with Crippen LogP contribution in [0.3, 0.4) is 0 Å². The highest BCUT2D eigenvalue weighted by Crippen LogP contribution is 2.22. The van der Waals surface area contributed by atoms with Gasteiger partial charge in [-0.25, -0.2) is 4.39 Å². The first kappa shape index (κ1) is 14.6. The average Bonchev–Trinajstić information content (AvgIpc) is 2.55. The van der Waals surface area contributed by atoms with Gasteiger partial charge in [-0.2, -0.15) is 0 Å². The molecule has 1 fully saturated rings. The normalized spacial score (nSPS) is 15.0. The summed E-state index contributed by atoms with van der Waals surface area (Å²) in [4.78, 5) is 15.9. The Labute approximate surface area is 130 Å². The lowest BCUT2D eigenvalue weighted by Gasteiger charge is -2.37. The van der Waals surface area contributed by atoms with Crippen molar-refractivity contribution in [1.82, 2.24) is 0 Å². The molecule has 0 aliphatic carbocycles. The van der Waals surface area contributed by atoms with E-state index in [1.165, 1.54) is 24.7 Å². The molecule has 0 amide bonds. The number of Topliss-reactive ketones (excluding diaryl/α,β-unsaturated/α-hetero) is 1. The van der Waals surface area contributed by atoms with Crippen molar-refractivity contribution in [3.05, 3.63) is 59.9 Å². The van der Waals surface area contributed by atoms with E-state index in [0.29, 0.717) is 5.56 Å². The van der Waals surface area contributed by atoms with Gasteiger partial charge < -0.3 is 9.80 Å². The number of rotatable bonds is 3. The van der Waals surface area contributed by atoms with Gasteiger partial charge in [0.15, 0.2) is 5.78 Å². The first-order valence-electron chi connectivity index (χ1n) is 7.50. The third kappa shape index (κ3) is 3.11. The van der Waals surface area contributed by atoms with Crippen LogP contribution in [0.15, 0.2) is 48.5 Å². The van der Waals surface area contributed by atoms with Crippen LogP contribution < -0.4 is 9.80 Å². The minimum absolute atomic E-state index is 0.108. The topological polar surface area (TPSA) is 23.6 Å². The molecule has 1 aliphatic heterocycles. The maximum atomic E-state index is 13.7. The predicted octanol–water partition coefficient (Wildman–Crippen LogP) is 3.35. The second kappa shape index (κ2) is 6.18. The van der Waals surface area contributed by atoms with Crippen LogP contribution in [-0.2, 0) is 0 Å². The zero-order valence-electron chi connectivity index (χ0n) is 12.6. The fourth-order valence-electron chi connectivity index (χ4n) is 2.82. The number of hydrogen-bond acceptors (Lipinski definition) is 3. The first-order chi connectivity index (χ1) is 10.6. The molecular formula is C18H19FN2O. The Morgan fingerprint density at radius 3 is 2.09 bits per heavy atom. The van der Waals surface area contributed by atoms with Crippen molar-refractivity contribution in [1.29, 1.82) is 0 Å². The number of carbonyl (C=O) groups is 1. The maximum absolute atomic E-state index is 13.7. The van der Waals surface area contributed by atoms with Crippen LogP contribution in [0, 0.1) is 5.82 Å². The molecule has 114 valence electrons. The van der Waals surface area contributed by atoms with Crippen LogP contribution in [0.5, 0.6) is 0 Å². The Morgan fingerprint density at radius 2 is 1.50 bits per heavy atom. The van der Waals surface area contributed by atoms with Gasteiger partial charge in [0.1, 0.15) is 5.82 Å². The van der Waals surface area contributed by atoms with Crippen LogP contribution in [0.4, 0.5) is 15.8 Å². The van der Waals surface area contributed by atoms with E-state index in [4.69, 9.17) is 0 Å². The van der Waals surface area contributed by atoms with Crippen LogP contribution in [0.25, 0.3) is 0 Å². The van der Waals surface area contributed by atoms with Gasteiger partial charge >= 0.3 is 0 Å². The summed E-state index contributed by atoms with van der Waals surface area (Å²) in [5.41, 5.74) is 2.43. The van der Waals surface area contributed by atoms with E-state index in [0.717, 1.165) is 31.9 Å². The molecule has 2 aromatic rings. The highest BCUT2D eigenvalue weighted by atomic mass is 19.1. The van der Waals surface area contributed by atoms with E-state index in [2.05, 4.69) is 21.9 Å². The fraction of sp³-hybridized carbons (Fsp3) is 0.278. The standard InChI is InChI=1S/C18H19FN2O/c1-14(22)15-11-16(19)13-18(12-15)21-9-7-20(8-10-21)17-5-3-2-4-6-17/h2-6,11-13H,7-10H2,1H3. The Morgan fingerprint density at radius 1 is 0.909 bits per heavy atom. The van der Waals surface area contributed by atoms with Crippen LogP contribution in [0.2, 0.25) is 0 Å². The number of piperazine rings is 1. The molecular weight excluding hydrogens is 279 g/mol. The van der Waals surface area contributed by atoms with Gasteiger partial charge in [0, 0.05) is 43.1 Å². The number of halogens is 1. The third-order valence-electron chi connectivity index (χ3n) is 4.06. The van der Waals surface area contributed by atoms with Crippen molar-refractivity contribution < 1.29 is 9.18 Å². The summed E-state index contributed by atoms with van der Waals surface area (Å²) in [7, 11) is 0. The van der Waals surface area contributed by atoms with E-state index in [1.54, 1.807) is 6.07 Å². The summed E-state index contributed by atoms with van der Waals surface area (Å²) in [6.45, 7) is 4.86. The van der Waals surface area contributed by atoms with Gasteiger partial charge in [-0.15, -0.1) is 0 Å². The molecule has 3 rings (SSSR count). The molecule has 0 atom stereocenters. The molecule has 4 heteroatoms. The first-order valence-corrected chi connectivity index (χ1v) is 7.50. The maximum Gasteiger partial charge on any atom is 0.159 e. The summed E-state index contributed by atoms with van der Waals surface area (Å²) in [5.74, 6) is -0.461. The molecule has 0 spiro atoms. The fourth-order valence-corrected chi connectivity index (χ4v) is 2.82. The Balaban J connectivity index is 1.73. The largest absolute Gasteiger partial charge is 0.368 e. The number of ketones is 1. The molecule has 0 radical (unpaired) electrons. The lowest BCUT2D eigenvalue weighted by molar-refractivity contribution is 0.101. The molecule has 2 aromatic carbocycles. The summed E-state index contributed by atoms with van der Waals surface area (Å²) in [6, 6.07) is 14.9. The number of hydrogen-bond donors (Lipinski definition) is 0. The predicted molar refractivity (Wildman–Crippen MR) is 87.3 cm³/mol. The van der Waals surface area contributed by atoms with Crippen LogP contribution >= 0.6 is 0 Å². The highest BCUT2D eigenvalue weighted by Gasteiger charge is 2.18. The van der Waals surface area contributed by atoms with E-state index in [1.807, 2.05) is 18.2 Å². The zero-order valence-corrected chi connectivity index (χ0v) is 12.6. The van der Waals surface area contributed by atoms with Crippen molar-refractivity contribution in [3.63, 3.8) is 0 Å². The molecule has 0 N–H and O–H groups in total. The van der Waals surface area contributed by atoms with Gasteiger partial charge in [0.25, 0.3) is 0 Å². The quantitative estimate of drug-likeness (QED) is 0.812. The van der Waals surface area contributed by atoms with Gasteiger partial charge in [0.05, 0.1) is 0 Å². The molecule has 1 saturated heterocycles. The van der Waals surface area contributed by atoms with Crippen molar-refractivity contribution in [2.45, 2.75) is 6.92 Å². The van der Waals surface area contributed by atoms with E-state index < -0.39 is 0 Å². The zero-order chi connectivity index (χ0) is 15.5. The van der Waals surface area contributed by atoms with Gasteiger partial charge in [-0.3, -0.25) is 4.79 Å². The minimum atomic E-state index is -0.354. The summed E-state index contributed by atoms with van der Waals surface area (Å²) in [5, 5.41) is 0. The second-order valence-electron chi connectivity index (χ2n) is 5.56. The monoisotopic (exact) mass is 298 g/mol. The molecule has 3 nitrogen and oxygen atoms in total. The van der Waals surface area contributed by atoms with E-state index in [-0.39, 0.29) is 11.6 Å². The van der Waals surface area contributed by atoms with Crippen molar-refractivity contribution in [3.8, 4) is 0 Å². The van der Waals surface area contributed by atoms with Crippen LogP contribution in [0.1, 0.15) is 17.3 Å². The summed E-state index contributed by atoms with van der Waals surface area (Å²) >= 11 is 0. The van der Waals surface area contributed by atoms with Crippen molar-refractivity contribution in [2.24, 2.45) is 0 Å². The molecule has 0 saturated carbocycles. The Kier molecular flexibility index (Phi) is 4.09. The number of anilines is 2. The lowest BCUT2D eigenvalue weighted by Crippen LogP contribution is -2.46. The van der Waals surface area contributed by atoms with Gasteiger partial charge in [-0.05, 0) is 37.3 Å². The van der Waals surface area contributed by atoms with Gasteiger partial charge in [0.2, 0.25) is 0 Å². The lowest BCUT2D eigenvalue weighted by atomic mass is 10.1. The molecule has 22 heavy (non-hydrogen) atoms. The third-order valence-corrected chi connectivity index (χ3v) is 4.06. The Bertz CT molecular complexity index is 664. The second-order valence-corrected chi connectivity index (χ2v) is 5.56. The van der Waals surface area contributed by atoms with E-state index in [9.17, 15) is 9.18 Å². The average molecular weight is 298 g/mol.